The van der Waals surface area contributed by atoms with Gasteiger partial charge in [0.15, 0.2) is 0 Å². The van der Waals surface area contributed by atoms with Crippen LogP contribution in [0.4, 0.5) is 0 Å². The summed E-state index contributed by atoms with van der Waals surface area (Å²) in [6, 6.07) is 25.9. The molecule has 3 aromatic carbocycles. The van der Waals surface area contributed by atoms with Crippen LogP contribution in [0.15, 0.2) is 90.0 Å². The summed E-state index contributed by atoms with van der Waals surface area (Å²) in [6.45, 7) is 2.17. The Bertz CT molecular complexity index is 1250. The van der Waals surface area contributed by atoms with Crippen LogP contribution in [0.25, 0.3) is 11.3 Å². The Labute approximate surface area is 185 Å². The molecular formula is C25H22N4O3. The van der Waals surface area contributed by atoms with E-state index < -0.39 is 5.91 Å². The molecule has 160 valence electrons. The van der Waals surface area contributed by atoms with Crippen molar-refractivity contribution in [2.75, 3.05) is 0 Å². The largest absolute Gasteiger partial charge is 0.507 e. The Morgan fingerprint density at radius 2 is 1.81 bits per heavy atom. The quantitative estimate of drug-likeness (QED) is 0.299. The van der Waals surface area contributed by atoms with Gasteiger partial charge in [-0.15, -0.1) is 0 Å². The molecule has 3 N–H and O–H groups in total. The summed E-state index contributed by atoms with van der Waals surface area (Å²) in [5.41, 5.74) is 6.29. The first kappa shape index (κ1) is 20.9. The van der Waals surface area contributed by atoms with Crippen molar-refractivity contribution < 1.29 is 14.6 Å². The third kappa shape index (κ3) is 5.02. The topological polar surface area (TPSA) is 99.6 Å². The third-order valence-electron chi connectivity index (χ3n) is 4.82. The van der Waals surface area contributed by atoms with Crippen molar-refractivity contribution in [1.29, 1.82) is 0 Å². The number of para-hydroxylation sites is 1. The minimum atomic E-state index is -0.435. The number of carbonyl (C=O) groups is 1. The van der Waals surface area contributed by atoms with E-state index in [4.69, 9.17) is 4.74 Å². The zero-order valence-electron chi connectivity index (χ0n) is 17.4. The van der Waals surface area contributed by atoms with Crippen LogP contribution < -0.4 is 10.2 Å². The van der Waals surface area contributed by atoms with Crippen LogP contribution in [-0.2, 0) is 6.61 Å². The summed E-state index contributed by atoms with van der Waals surface area (Å²) < 4.78 is 5.87. The van der Waals surface area contributed by atoms with E-state index in [1.807, 2.05) is 54.6 Å². The highest BCUT2D eigenvalue weighted by molar-refractivity contribution is 6.02. The number of phenolic OH excluding ortho intramolecular Hbond substituents is 1. The van der Waals surface area contributed by atoms with Crippen molar-refractivity contribution in [3.63, 3.8) is 0 Å². The summed E-state index contributed by atoms with van der Waals surface area (Å²) in [7, 11) is 0. The molecule has 0 aliphatic carbocycles. The van der Waals surface area contributed by atoms with Crippen LogP contribution in [-0.4, -0.2) is 26.9 Å². The Morgan fingerprint density at radius 3 is 2.62 bits per heavy atom. The monoisotopic (exact) mass is 426 g/mol. The van der Waals surface area contributed by atoms with Gasteiger partial charge in [0, 0.05) is 11.1 Å². The number of aromatic hydroxyl groups is 1. The number of amides is 1. The van der Waals surface area contributed by atoms with Gasteiger partial charge < -0.3 is 9.84 Å². The highest BCUT2D eigenvalue weighted by Crippen LogP contribution is 2.23. The van der Waals surface area contributed by atoms with E-state index in [1.165, 1.54) is 0 Å². The second kappa shape index (κ2) is 9.61. The van der Waals surface area contributed by atoms with E-state index in [9.17, 15) is 9.90 Å². The third-order valence-corrected chi connectivity index (χ3v) is 4.82. The van der Waals surface area contributed by atoms with Crippen molar-refractivity contribution >= 4 is 11.6 Å². The molecule has 32 heavy (non-hydrogen) atoms. The molecule has 0 bridgehead atoms. The molecule has 1 aromatic heterocycles. The maximum atomic E-state index is 12.5. The number of hydrogen-bond donors (Lipinski definition) is 3. The van der Waals surface area contributed by atoms with Crippen molar-refractivity contribution in [1.82, 2.24) is 15.6 Å². The number of phenols is 1. The number of aromatic amines is 1. The van der Waals surface area contributed by atoms with E-state index >= 15 is 0 Å². The summed E-state index contributed by atoms with van der Waals surface area (Å²) in [5.74, 6) is 0.374. The maximum absolute atomic E-state index is 12.5. The first-order chi connectivity index (χ1) is 15.6. The second-order valence-corrected chi connectivity index (χ2v) is 7.12. The highest BCUT2D eigenvalue weighted by atomic mass is 16.5. The van der Waals surface area contributed by atoms with Gasteiger partial charge in [0.25, 0.3) is 5.91 Å². The molecule has 0 saturated carbocycles. The van der Waals surface area contributed by atoms with Crippen LogP contribution in [0.2, 0.25) is 0 Å². The summed E-state index contributed by atoms with van der Waals surface area (Å²) in [4.78, 5) is 12.5. The van der Waals surface area contributed by atoms with Crippen molar-refractivity contribution in [2.24, 2.45) is 5.10 Å². The molecule has 1 heterocycles. The van der Waals surface area contributed by atoms with Crippen LogP contribution in [0.1, 0.15) is 28.5 Å². The standard InChI is InChI=1S/C25H22N4O3/c1-17(21-12-5-6-13-24(21)30)26-29-25(31)23-15-22(27-28-23)19-10-7-11-20(14-19)32-16-18-8-3-2-4-9-18/h2-15,30H,16H2,1H3,(H,27,28)(H,29,31)/b26-17+. The Morgan fingerprint density at radius 1 is 1.03 bits per heavy atom. The van der Waals surface area contributed by atoms with E-state index in [1.54, 1.807) is 37.3 Å². The lowest BCUT2D eigenvalue weighted by atomic mass is 10.1. The SMILES string of the molecule is C/C(=N\NC(=O)c1cc(-c2cccc(OCc3ccccc3)c2)n[nH]1)c1ccccc1O. The number of benzene rings is 3. The van der Waals surface area contributed by atoms with Crippen LogP contribution in [0.3, 0.4) is 0 Å². The van der Waals surface area contributed by atoms with Crippen molar-refractivity contribution in [3.8, 4) is 22.8 Å². The molecule has 0 atom stereocenters. The summed E-state index contributed by atoms with van der Waals surface area (Å²) in [5, 5.41) is 20.9. The number of H-pyrrole nitrogens is 1. The Balaban J connectivity index is 1.42. The molecule has 4 rings (SSSR count). The van der Waals surface area contributed by atoms with Gasteiger partial charge in [-0.3, -0.25) is 9.89 Å². The molecule has 0 aliphatic heterocycles. The summed E-state index contributed by atoms with van der Waals surface area (Å²) in [6.07, 6.45) is 0. The number of ether oxygens (including phenoxy) is 1. The van der Waals surface area contributed by atoms with Gasteiger partial charge in [-0.1, -0.05) is 54.6 Å². The smallest absolute Gasteiger partial charge is 0.289 e. The van der Waals surface area contributed by atoms with Gasteiger partial charge in [-0.05, 0) is 42.8 Å². The second-order valence-electron chi connectivity index (χ2n) is 7.12. The average Bonchev–Trinajstić information content (AvgIpc) is 3.33. The lowest BCUT2D eigenvalue weighted by Crippen LogP contribution is -2.19. The summed E-state index contributed by atoms with van der Waals surface area (Å²) >= 11 is 0. The van der Waals surface area contributed by atoms with Crippen LogP contribution in [0, 0.1) is 0 Å². The molecule has 0 aliphatic rings. The predicted molar refractivity (Wildman–Crippen MR) is 123 cm³/mol. The molecule has 4 aromatic rings. The minimum absolute atomic E-state index is 0.0983. The van der Waals surface area contributed by atoms with E-state index in [0.29, 0.717) is 29.3 Å². The van der Waals surface area contributed by atoms with Gasteiger partial charge in [-0.25, -0.2) is 5.43 Å². The van der Waals surface area contributed by atoms with Gasteiger partial charge in [0.1, 0.15) is 23.8 Å². The molecule has 1 amide bonds. The molecule has 0 fully saturated rings. The van der Waals surface area contributed by atoms with E-state index in [-0.39, 0.29) is 11.4 Å². The molecule has 0 unspecified atom stereocenters. The fraction of sp³-hybridized carbons (Fsp3) is 0.0800. The Hall–Kier alpha value is -4.39. The number of aromatic nitrogens is 2. The molecular weight excluding hydrogens is 404 g/mol. The van der Waals surface area contributed by atoms with Gasteiger partial charge in [-0.2, -0.15) is 10.2 Å². The van der Waals surface area contributed by atoms with Crippen LogP contribution >= 0.6 is 0 Å². The zero-order chi connectivity index (χ0) is 22.3. The van der Waals surface area contributed by atoms with Gasteiger partial charge in [0.2, 0.25) is 0 Å². The zero-order valence-corrected chi connectivity index (χ0v) is 17.4. The molecule has 0 radical (unpaired) electrons. The Kier molecular flexibility index (Phi) is 6.27. The molecule has 0 spiro atoms. The number of hydrazone groups is 1. The van der Waals surface area contributed by atoms with E-state index in [2.05, 4.69) is 20.7 Å². The van der Waals surface area contributed by atoms with Crippen molar-refractivity contribution in [2.45, 2.75) is 13.5 Å². The van der Waals surface area contributed by atoms with Crippen LogP contribution in [0.5, 0.6) is 11.5 Å². The maximum Gasteiger partial charge on any atom is 0.289 e. The molecule has 7 nitrogen and oxygen atoms in total. The number of nitrogens with zero attached hydrogens (tertiary/aromatic N) is 2. The fourth-order valence-electron chi connectivity index (χ4n) is 3.11. The van der Waals surface area contributed by atoms with Gasteiger partial charge in [0.05, 0.1) is 11.4 Å². The number of hydrogen-bond acceptors (Lipinski definition) is 5. The normalized spacial score (nSPS) is 11.2. The van der Waals surface area contributed by atoms with Crippen molar-refractivity contribution in [3.05, 3.63) is 102 Å². The molecule has 0 saturated heterocycles. The first-order valence-electron chi connectivity index (χ1n) is 10.1. The van der Waals surface area contributed by atoms with E-state index in [0.717, 1.165) is 11.1 Å². The number of nitrogens with one attached hydrogen (secondary N) is 2. The molecule has 7 heteroatoms. The number of rotatable bonds is 7. The highest BCUT2D eigenvalue weighted by Gasteiger charge is 2.12. The fourth-order valence-corrected chi connectivity index (χ4v) is 3.11. The lowest BCUT2D eigenvalue weighted by molar-refractivity contribution is 0.0950. The number of carbonyl (C=O) groups excluding carboxylic acids is 1. The predicted octanol–water partition coefficient (Wildman–Crippen LogP) is 4.52. The lowest BCUT2D eigenvalue weighted by Gasteiger charge is -2.07. The average molecular weight is 426 g/mol. The first-order valence-corrected chi connectivity index (χ1v) is 10.1. The van der Waals surface area contributed by atoms with Gasteiger partial charge >= 0.3 is 0 Å². The minimum Gasteiger partial charge on any atom is -0.507 e.